The first-order valence-corrected chi connectivity index (χ1v) is 8.67. The van der Waals surface area contributed by atoms with Gasteiger partial charge in [-0.15, -0.1) is 0 Å². The van der Waals surface area contributed by atoms with Crippen molar-refractivity contribution in [3.8, 4) is 0 Å². The third-order valence-electron chi connectivity index (χ3n) is 3.99. The highest BCUT2D eigenvalue weighted by Gasteiger charge is 2.39. The Balaban J connectivity index is 2.40. The lowest BCUT2D eigenvalue weighted by Crippen LogP contribution is -2.52. The van der Waals surface area contributed by atoms with Crippen molar-refractivity contribution in [2.24, 2.45) is 0 Å². The lowest BCUT2D eigenvalue weighted by Gasteiger charge is -2.41. The number of sulfonamides is 1. The van der Waals surface area contributed by atoms with E-state index in [1.165, 1.54) is 0 Å². The summed E-state index contributed by atoms with van der Waals surface area (Å²) < 4.78 is 28.6. The Morgan fingerprint density at radius 1 is 1.42 bits per heavy atom. The third-order valence-corrected chi connectivity index (χ3v) is 6.16. The molecule has 0 amide bonds. The van der Waals surface area contributed by atoms with E-state index in [1.54, 1.807) is 19.1 Å². The van der Waals surface area contributed by atoms with Gasteiger partial charge in [0.05, 0.1) is 4.90 Å². The Kier molecular flexibility index (Phi) is 3.95. The quantitative estimate of drug-likeness (QED) is 0.823. The normalized spacial score (nSPS) is 18.1. The van der Waals surface area contributed by atoms with E-state index >= 15 is 0 Å². The molecule has 4 nitrogen and oxygen atoms in total. The van der Waals surface area contributed by atoms with Crippen molar-refractivity contribution in [2.45, 2.75) is 50.0 Å². The van der Waals surface area contributed by atoms with Crippen LogP contribution < -0.4 is 10.5 Å². The van der Waals surface area contributed by atoms with Gasteiger partial charge >= 0.3 is 0 Å². The highest BCUT2D eigenvalue weighted by molar-refractivity contribution is 9.10. The van der Waals surface area contributed by atoms with Crippen LogP contribution in [-0.2, 0) is 10.0 Å². The average Bonchev–Trinajstić information content (AvgIpc) is 2.28. The third kappa shape index (κ3) is 2.80. The van der Waals surface area contributed by atoms with E-state index in [2.05, 4.69) is 20.7 Å². The van der Waals surface area contributed by atoms with Gasteiger partial charge < -0.3 is 5.73 Å². The minimum Gasteiger partial charge on any atom is -0.398 e. The van der Waals surface area contributed by atoms with Gasteiger partial charge in [0.1, 0.15) is 0 Å². The molecular formula is C13H19BrN2O2S. The number of halogens is 1. The molecule has 6 heteroatoms. The van der Waals surface area contributed by atoms with Crippen LogP contribution in [0.15, 0.2) is 21.5 Å². The van der Waals surface area contributed by atoms with Gasteiger partial charge in [-0.25, -0.2) is 13.1 Å². The first kappa shape index (κ1) is 14.8. The van der Waals surface area contributed by atoms with Gasteiger partial charge in [0, 0.05) is 15.7 Å². The van der Waals surface area contributed by atoms with Gasteiger partial charge in [-0.3, -0.25) is 0 Å². The zero-order valence-electron chi connectivity index (χ0n) is 11.2. The summed E-state index contributed by atoms with van der Waals surface area (Å²) in [6.45, 7) is 3.75. The van der Waals surface area contributed by atoms with Crippen molar-refractivity contribution in [1.29, 1.82) is 0 Å². The lowest BCUT2D eigenvalue weighted by molar-refractivity contribution is 0.214. The number of nitrogens with one attached hydrogen (secondary N) is 1. The van der Waals surface area contributed by atoms with Crippen LogP contribution in [0.2, 0.25) is 0 Å². The number of hydrogen-bond acceptors (Lipinski definition) is 3. The van der Waals surface area contributed by atoms with Gasteiger partial charge in [0.25, 0.3) is 0 Å². The number of benzene rings is 1. The fourth-order valence-electron chi connectivity index (χ4n) is 2.42. The van der Waals surface area contributed by atoms with Crippen molar-refractivity contribution in [3.63, 3.8) is 0 Å². The maximum Gasteiger partial charge on any atom is 0.241 e. The molecule has 0 spiro atoms. The van der Waals surface area contributed by atoms with Crippen LogP contribution >= 0.6 is 15.9 Å². The summed E-state index contributed by atoms with van der Waals surface area (Å²) in [6.07, 6.45) is 3.71. The molecule has 1 fully saturated rings. The number of hydrogen-bond donors (Lipinski definition) is 2. The second-order valence-corrected chi connectivity index (χ2v) is 7.78. The van der Waals surface area contributed by atoms with E-state index in [0.717, 1.165) is 25.7 Å². The lowest BCUT2D eigenvalue weighted by atomic mass is 9.76. The maximum absolute atomic E-state index is 12.5. The van der Waals surface area contributed by atoms with Crippen molar-refractivity contribution in [2.75, 3.05) is 5.73 Å². The number of anilines is 1. The predicted molar refractivity (Wildman–Crippen MR) is 80.5 cm³/mol. The molecule has 0 atom stereocenters. The van der Waals surface area contributed by atoms with E-state index in [1.807, 2.05) is 6.92 Å². The molecule has 3 N–H and O–H groups in total. The molecule has 0 bridgehead atoms. The monoisotopic (exact) mass is 346 g/mol. The largest absolute Gasteiger partial charge is 0.398 e. The number of nitrogens with two attached hydrogens (primary N) is 1. The minimum atomic E-state index is -3.53. The second-order valence-electron chi connectivity index (χ2n) is 5.21. The molecule has 1 aromatic carbocycles. The van der Waals surface area contributed by atoms with Gasteiger partial charge in [0.2, 0.25) is 10.0 Å². The molecule has 1 saturated carbocycles. The maximum atomic E-state index is 12.5. The molecule has 1 aromatic rings. The fraction of sp³-hybridized carbons (Fsp3) is 0.538. The van der Waals surface area contributed by atoms with E-state index < -0.39 is 10.0 Å². The van der Waals surface area contributed by atoms with Gasteiger partial charge in [-0.2, -0.15) is 0 Å². The molecule has 1 aliphatic rings. The summed E-state index contributed by atoms with van der Waals surface area (Å²) in [5, 5.41) is 0. The standard InChI is InChI=1S/C13H19BrN2O2S/c1-3-13(5-4-6-13)16-19(17,18)12-8-10(14)7-11(15)9(12)2/h7-8,16H,3-6,15H2,1-2H3. The zero-order chi connectivity index (χ0) is 14.3. The van der Waals surface area contributed by atoms with Gasteiger partial charge in [0.15, 0.2) is 0 Å². The van der Waals surface area contributed by atoms with Crippen LogP contribution in [-0.4, -0.2) is 14.0 Å². The first-order chi connectivity index (χ1) is 8.80. The number of nitrogen functional groups attached to an aromatic ring is 1. The van der Waals surface area contributed by atoms with Gasteiger partial charge in [-0.05, 0) is 50.3 Å². The molecule has 0 saturated heterocycles. The summed E-state index contributed by atoms with van der Waals surface area (Å²) in [5.74, 6) is 0. The fourth-order valence-corrected chi connectivity index (χ4v) is 4.88. The molecule has 0 radical (unpaired) electrons. The summed E-state index contributed by atoms with van der Waals surface area (Å²) >= 11 is 3.30. The summed E-state index contributed by atoms with van der Waals surface area (Å²) in [7, 11) is -3.53. The Labute approximate surface area is 122 Å². The molecule has 0 aromatic heterocycles. The Morgan fingerprint density at radius 2 is 2.05 bits per heavy atom. The highest BCUT2D eigenvalue weighted by Crippen LogP contribution is 2.37. The molecule has 0 aliphatic heterocycles. The topological polar surface area (TPSA) is 72.2 Å². The van der Waals surface area contributed by atoms with Crippen molar-refractivity contribution < 1.29 is 8.42 Å². The van der Waals surface area contributed by atoms with Crippen molar-refractivity contribution in [1.82, 2.24) is 4.72 Å². The molecule has 106 valence electrons. The molecular weight excluding hydrogens is 328 g/mol. The van der Waals surface area contributed by atoms with Crippen LogP contribution in [0.3, 0.4) is 0 Å². The van der Waals surface area contributed by atoms with Crippen LogP contribution in [0, 0.1) is 6.92 Å². The van der Waals surface area contributed by atoms with Crippen molar-refractivity contribution >= 4 is 31.6 Å². The van der Waals surface area contributed by atoms with E-state index in [9.17, 15) is 8.42 Å². The van der Waals surface area contributed by atoms with Crippen LogP contribution in [0.5, 0.6) is 0 Å². The summed E-state index contributed by atoms with van der Waals surface area (Å²) in [4.78, 5) is 0.263. The zero-order valence-corrected chi connectivity index (χ0v) is 13.6. The number of rotatable bonds is 4. The highest BCUT2D eigenvalue weighted by atomic mass is 79.9. The Bertz CT molecular complexity index is 589. The predicted octanol–water partition coefficient (Wildman–Crippen LogP) is 2.95. The van der Waals surface area contributed by atoms with E-state index in [4.69, 9.17) is 5.73 Å². The van der Waals surface area contributed by atoms with E-state index in [-0.39, 0.29) is 10.4 Å². The molecule has 19 heavy (non-hydrogen) atoms. The smallest absolute Gasteiger partial charge is 0.241 e. The minimum absolute atomic E-state index is 0.262. The Morgan fingerprint density at radius 3 is 2.53 bits per heavy atom. The molecule has 0 unspecified atom stereocenters. The SMILES string of the molecule is CCC1(NS(=O)(=O)c2cc(Br)cc(N)c2C)CCC1. The van der Waals surface area contributed by atoms with Crippen molar-refractivity contribution in [3.05, 3.63) is 22.2 Å². The average molecular weight is 347 g/mol. The first-order valence-electron chi connectivity index (χ1n) is 6.39. The molecule has 1 aliphatic carbocycles. The Hall–Kier alpha value is -0.590. The molecule has 2 rings (SSSR count). The summed E-state index contributed by atoms with van der Waals surface area (Å²) in [5.41, 5.74) is 6.66. The second kappa shape index (κ2) is 5.07. The van der Waals surface area contributed by atoms with Crippen LogP contribution in [0.4, 0.5) is 5.69 Å². The van der Waals surface area contributed by atoms with Crippen LogP contribution in [0.25, 0.3) is 0 Å². The summed E-state index contributed by atoms with van der Waals surface area (Å²) in [6, 6.07) is 3.32. The van der Waals surface area contributed by atoms with Crippen LogP contribution in [0.1, 0.15) is 38.2 Å². The van der Waals surface area contributed by atoms with E-state index in [0.29, 0.717) is 15.7 Å². The molecule has 0 heterocycles. The van der Waals surface area contributed by atoms with Gasteiger partial charge in [-0.1, -0.05) is 22.9 Å².